The molecule has 0 aliphatic rings. The van der Waals surface area contributed by atoms with E-state index in [1.807, 2.05) is 59.2 Å². The highest BCUT2D eigenvalue weighted by atomic mass is 16.1. The van der Waals surface area contributed by atoms with E-state index in [-0.39, 0.29) is 0 Å². The van der Waals surface area contributed by atoms with Crippen molar-refractivity contribution in [3.05, 3.63) is 66.0 Å². The summed E-state index contributed by atoms with van der Waals surface area (Å²) in [7, 11) is 0. The number of carbonyl (C=O) groups is 1. The van der Waals surface area contributed by atoms with Crippen molar-refractivity contribution in [1.82, 2.24) is 9.55 Å². The molecule has 0 fully saturated rings. The van der Waals surface area contributed by atoms with E-state index < -0.39 is 5.91 Å². The molecular weight excluding hydrogens is 238 g/mol. The second kappa shape index (κ2) is 4.57. The maximum absolute atomic E-state index is 11.5. The fourth-order valence-electron chi connectivity index (χ4n) is 2.19. The van der Waals surface area contributed by atoms with Crippen molar-refractivity contribution >= 4 is 16.9 Å². The number of benzene rings is 2. The number of rotatable bonds is 3. The number of hydrogen-bond donors (Lipinski definition) is 1. The Labute approximate surface area is 110 Å². The lowest BCUT2D eigenvalue weighted by atomic mass is 10.2. The first kappa shape index (κ1) is 11.5. The molecule has 0 spiro atoms. The summed E-state index contributed by atoms with van der Waals surface area (Å²) in [6, 6.07) is 17.6. The van der Waals surface area contributed by atoms with Gasteiger partial charge in [-0.15, -0.1) is 0 Å². The lowest BCUT2D eigenvalue weighted by Crippen LogP contribution is -2.18. The number of hydrogen-bond acceptors (Lipinski definition) is 2. The largest absolute Gasteiger partial charge is 0.363 e. The van der Waals surface area contributed by atoms with Crippen molar-refractivity contribution in [3.8, 4) is 0 Å². The van der Waals surface area contributed by atoms with Gasteiger partial charge in [-0.2, -0.15) is 0 Å². The summed E-state index contributed by atoms with van der Waals surface area (Å²) in [5.74, 6) is -0.211. The molecule has 19 heavy (non-hydrogen) atoms. The summed E-state index contributed by atoms with van der Waals surface area (Å²) < 4.78 is 1.85. The summed E-state index contributed by atoms with van der Waals surface area (Å²) in [5, 5.41) is 0. The number of nitrogens with two attached hydrogens (primary N) is 1. The van der Waals surface area contributed by atoms with Gasteiger partial charge in [0.2, 0.25) is 0 Å². The molecule has 0 radical (unpaired) electrons. The fourth-order valence-corrected chi connectivity index (χ4v) is 2.19. The van der Waals surface area contributed by atoms with E-state index in [0.29, 0.717) is 12.4 Å². The number of para-hydroxylation sites is 2. The average Bonchev–Trinajstić information content (AvgIpc) is 2.79. The van der Waals surface area contributed by atoms with Crippen molar-refractivity contribution in [2.75, 3.05) is 0 Å². The van der Waals surface area contributed by atoms with E-state index in [2.05, 4.69) is 4.98 Å². The summed E-state index contributed by atoms with van der Waals surface area (Å²) in [4.78, 5) is 15.8. The van der Waals surface area contributed by atoms with E-state index in [1.165, 1.54) is 0 Å². The molecule has 3 aromatic rings. The molecule has 0 unspecified atom stereocenters. The maximum Gasteiger partial charge on any atom is 0.284 e. The molecule has 4 nitrogen and oxygen atoms in total. The van der Waals surface area contributed by atoms with Crippen molar-refractivity contribution in [2.24, 2.45) is 5.73 Å². The summed E-state index contributed by atoms with van der Waals surface area (Å²) in [6.07, 6.45) is 0. The molecule has 1 heterocycles. The average molecular weight is 251 g/mol. The molecule has 4 heteroatoms. The second-order valence-electron chi connectivity index (χ2n) is 4.36. The van der Waals surface area contributed by atoms with Crippen LogP contribution in [0.25, 0.3) is 11.0 Å². The van der Waals surface area contributed by atoms with Crippen LogP contribution in [-0.2, 0) is 6.54 Å². The van der Waals surface area contributed by atoms with E-state index >= 15 is 0 Å². The number of carbonyl (C=O) groups excluding carboxylic acids is 1. The predicted octanol–water partition coefficient (Wildman–Crippen LogP) is 2.18. The number of imidazole rings is 1. The van der Waals surface area contributed by atoms with Crippen molar-refractivity contribution in [2.45, 2.75) is 6.54 Å². The quantitative estimate of drug-likeness (QED) is 0.775. The molecule has 1 amide bonds. The molecule has 2 N–H and O–H groups in total. The van der Waals surface area contributed by atoms with E-state index in [1.54, 1.807) is 0 Å². The van der Waals surface area contributed by atoms with Gasteiger partial charge in [0.25, 0.3) is 5.91 Å². The van der Waals surface area contributed by atoms with Crippen LogP contribution < -0.4 is 5.73 Å². The van der Waals surface area contributed by atoms with E-state index in [9.17, 15) is 4.79 Å². The zero-order chi connectivity index (χ0) is 13.2. The minimum atomic E-state index is -0.507. The van der Waals surface area contributed by atoms with Crippen LogP contribution in [-0.4, -0.2) is 15.5 Å². The first-order valence-electron chi connectivity index (χ1n) is 6.05. The highest BCUT2D eigenvalue weighted by Gasteiger charge is 2.14. The molecule has 0 saturated heterocycles. The first-order valence-corrected chi connectivity index (χ1v) is 6.05. The lowest BCUT2D eigenvalue weighted by molar-refractivity contribution is 0.0987. The second-order valence-corrected chi connectivity index (χ2v) is 4.36. The van der Waals surface area contributed by atoms with Crippen LogP contribution in [0.15, 0.2) is 54.6 Å². The zero-order valence-corrected chi connectivity index (χ0v) is 10.3. The van der Waals surface area contributed by atoms with Crippen molar-refractivity contribution in [1.29, 1.82) is 0 Å². The Morgan fingerprint density at radius 3 is 2.47 bits per heavy atom. The Morgan fingerprint density at radius 1 is 1.05 bits per heavy atom. The Hall–Kier alpha value is -2.62. The van der Waals surface area contributed by atoms with Gasteiger partial charge in [0, 0.05) is 6.54 Å². The third-order valence-corrected chi connectivity index (χ3v) is 3.06. The monoisotopic (exact) mass is 251 g/mol. The first-order chi connectivity index (χ1) is 9.25. The minimum Gasteiger partial charge on any atom is -0.363 e. The molecular formula is C15H13N3O. The Balaban J connectivity index is 2.15. The minimum absolute atomic E-state index is 0.296. The number of aromatic nitrogens is 2. The van der Waals surface area contributed by atoms with Gasteiger partial charge >= 0.3 is 0 Å². The summed E-state index contributed by atoms with van der Waals surface area (Å²) in [5.41, 5.74) is 8.22. The molecule has 0 saturated carbocycles. The van der Waals surface area contributed by atoms with Crippen molar-refractivity contribution in [3.63, 3.8) is 0 Å². The van der Waals surface area contributed by atoms with Gasteiger partial charge < -0.3 is 10.3 Å². The molecule has 0 atom stereocenters. The van der Waals surface area contributed by atoms with Crippen LogP contribution in [0, 0.1) is 0 Å². The van der Waals surface area contributed by atoms with E-state index in [0.717, 1.165) is 16.6 Å². The van der Waals surface area contributed by atoms with Crippen LogP contribution in [0.5, 0.6) is 0 Å². The molecule has 3 rings (SSSR count). The molecule has 2 aromatic carbocycles. The Bertz CT molecular complexity index is 731. The van der Waals surface area contributed by atoms with Gasteiger partial charge in [-0.05, 0) is 17.7 Å². The maximum atomic E-state index is 11.5. The molecule has 94 valence electrons. The highest BCUT2D eigenvalue weighted by Crippen LogP contribution is 2.17. The smallest absolute Gasteiger partial charge is 0.284 e. The van der Waals surface area contributed by atoms with Crippen LogP contribution in [0.2, 0.25) is 0 Å². The van der Waals surface area contributed by atoms with Crippen LogP contribution in [0.1, 0.15) is 16.2 Å². The third kappa shape index (κ3) is 2.08. The molecule has 1 aromatic heterocycles. The van der Waals surface area contributed by atoms with Gasteiger partial charge in [-0.3, -0.25) is 4.79 Å². The topological polar surface area (TPSA) is 60.9 Å². The standard InChI is InChI=1S/C15H13N3O/c16-14(19)15-17-12-8-4-5-9-13(12)18(15)10-11-6-2-1-3-7-11/h1-9H,10H2,(H2,16,19). The number of fused-ring (bicyclic) bond motifs is 1. The normalized spacial score (nSPS) is 10.7. The van der Waals surface area contributed by atoms with Crippen molar-refractivity contribution < 1.29 is 4.79 Å². The summed E-state index contributed by atoms with van der Waals surface area (Å²) >= 11 is 0. The Morgan fingerprint density at radius 2 is 1.74 bits per heavy atom. The molecule has 0 aliphatic heterocycles. The van der Waals surface area contributed by atoms with Crippen LogP contribution in [0.4, 0.5) is 0 Å². The third-order valence-electron chi connectivity index (χ3n) is 3.06. The SMILES string of the molecule is NC(=O)c1nc2ccccc2n1Cc1ccccc1. The number of primary amides is 1. The van der Waals surface area contributed by atoms with Gasteiger partial charge in [-0.1, -0.05) is 42.5 Å². The lowest BCUT2D eigenvalue weighted by Gasteiger charge is -2.07. The van der Waals surface area contributed by atoms with Crippen LogP contribution >= 0.6 is 0 Å². The number of amides is 1. The van der Waals surface area contributed by atoms with Crippen LogP contribution in [0.3, 0.4) is 0 Å². The van der Waals surface area contributed by atoms with E-state index in [4.69, 9.17) is 5.73 Å². The predicted molar refractivity (Wildman–Crippen MR) is 73.8 cm³/mol. The Kier molecular flexibility index (Phi) is 2.76. The van der Waals surface area contributed by atoms with Gasteiger partial charge in [0.05, 0.1) is 11.0 Å². The van der Waals surface area contributed by atoms with Gasteiger partial charge in [0.1, 0.15) is 0 Å². The zero-order valence-electron chi connectivity index (χ0n) is 10.3. The summed E-state index contributed by atoms with van der Waals surface area (Å²) in [6.45, 7) is 0.583. The highest BCUT2D eigenvalue weighted by molar-refractivity contribution is 5.93. The number of nitrogens with zero attached hydrogens (tertiary/aromatic N) is 2. The van der Waals surface area contributed by atoms with Gasteiger partial charge in [-0.25, -0.2) is 4.98 Å². The molecule has 0 bridgehead atoms. The van der Waals surface area contributed by atoms with Gasteiger partial charge in [0.15, 0.2) is 5.82 Å². The molecule has 0 aliphatic carbocycles. The fraction of sp³-hybridized carbons (Fsp3) is 0.0667.